The molecule has 1 aliphatic heterocycles. The predicted octanol–water partition coefficient (Wildman–Crippen LogP) is 8.06. The number of benzene rings is 2. The van der Waals surface area contributed by atoms with Crippen molar-refractivity contribution < 1.29 is 0 Å². The smallest absolute Gasteiger partial charge is 0.0876 e. The lowest BCUT2D eigenvalue weighted by molar-refractivity contribution is 0.611. The van der Waals surface area contributed by atoms with Gasteiger partial charge in [0, 0.05) is 11.0 Å². The molecule has 0 saturated carbocycles. The standard InChI is InChI=1S/C28H28BrN/c1-17-15-22-25-23(30(29)27(22)19(17)3)16-18(2)26(24(25)20-11-7-6-8-12-20)28(4,5)21-13-9-10-14-21/h6-13,15-16,27H,14H2,1-5H3. The van der Waals surface area contributed by atoms with Crippen LogP contribution in [0.2, 0.25) is 0 Å². The number of hydrogen-bond acceptors (Lipinski definition) is 1. The number of nitrogens with zero attached hydrogens (tertiary/aromatic N) is 1. The Morgan fingerprint density at radius 3 is 2.43 bits per heavy atom. The predicted molar refractivity (Wildman–Crippen MR) is 133 cm³/mol. The third-order valence-electron chi connectivity index (χ3n) is 7.21. The van der Waals surface area contributed by atoms with Crippen LogP contribution in [-0.4, -0.2) is 6.04 Å². The maximum Gasteiger partial charge on any atom is 0.0876 e. The van der Waals surface area contributed by atoms with Gasteiger partial charge >= 0.3 is 0 Å². The number of anilines is 1. The third kappa shape index (κ3) is 2.66. The molecule has 152 valence electrons. The minimum absolute atomic E-state index is 0.0420. The summed E-state index contributed by atoms with van der Waals surface area (Å²) in [6.07, 6.45) is 10.2. The van der Waals surface area contributed by atoms with Gasteiger partial charge in [0.05, 0.1) is 27.9 Å². The Labute approximate surface area is 188 Å². The summed E-state index contributed by atoms with van der Waals surface area (Å²) in [5.74, 6) is 0. The van der Waals surface area contributed by atoms with Crippen molar-refractivity contribution in [3.05, 3.63) is 94.1 Å². The van der Waals surface area contributed by atoms with Gasteiger partial charge in [0.2, 0.25) is 0 Å². The Hall–Kier alpha value is -2.32. The van der Waals surface area contributed by atoms with E-state index in [4.69, 9.17) is 0 Å². The molecule has 0 N–H and O–H groups in total. The van der Waals surface area contributed by atoms with Gasteiger partial charge in [-0.3, -0.25) is 3.93 Å². The molecule has 2 heteroatoms. The first-order chi connectivity index (χ1) is 14.3. The number of aryl methyl sites for hydroxylation is 1. The van der Waals surface area contributed by atoms with Crippen LogP contribution in [0.4, 0.5) is 5.69 Å². The van der Waals surface area contributed by atoms with Crippen LogP contribution in [0.15, 0.2) is 77.4 Å². The molecule has 5 rings (SSSR count). The van der Waals surface area contributed by atoms with E-state index < -0.39 is 0 Å². The Balaban J connectivity index is 1.85. The molecule has 0 amide bonds. The number of rotatable bonds is 3. The maximum atomic E-state index is 3.93. The molecule has 0 spiro atoms. The molecule has 2 aromatic carbocycles. The van der Waals surface area contributed by atoms with Gasteiger partial charge in [0.25, 0.3) is 0 Å². The first-order valence-electron chi connectivity index (χ1n) is 10.8. The lowest BCUT2D eigenvalue weighted by Crippen LogP contribution is -2.23. The third-order valence-corrected chi connectivity index (χ3v) is 8.00. The van der Waals surface area contributed by atoms with Gasteiger partial charge in [-0.25, -0.2) is 0 Å². The summed E-state index contributed by atoms with van der Waals surface area (Å²) in [6.45, 7) is 11.6. The molecular weight excluding hydrogens is 430 g/mol. The summed E-state index contributed by atoms with van der Waals surface area (Å²) < 4.78 is 2.30. The molecule has 2 aliphatic carbocycles. The molecular formula is C28H28BrN. The normalized spacial score (nSPS) is 19.9. The molecule has 3 aliphatic rings. The van der Waals surface area contributed by atoms with E-state index in [9.17, 15) is 0 Å². The Kier molecular flexibility index (Phi) is 4.48. The molecule has 0 fully saturated rings. The fraction of sp³-hybridized carbons (Fsp3) is 0.286. The summed E-state index contributed by atoms with van der Waals surface area (Å²) >= 11 is 3.93. The summed E-state index contributed by atoms with van der Waals surface area (Å²) in [5.41, 5.74) is 13.9. The first kappa shape index (κ1) is 19.6. The molecule has 1 unspecified atom stereocenters. The van der Waals surface area contributed by atoms with Crippen LogP contribution in [0.25, 0.3) is 16.7 Å². The van der Waals surface area contributed by atoms with Crippen molar-refractivity contribution >= 4 is 27.4 Å². The fourth-order valence-corrected chi connectivity index (χ4v) is 6.35. The van der Waals surface area contributed by atoms with E-state index in [0.717, 1.165) is 6.42 Å². The first-order valence-corrected chi connectivity index (χ1v) is 11.5. The Morgan fingerprint density at radius 2 is 1.77 bits per heavy atom. The Bertz CT molecular complexity index is 1170. The highest BCUT2D eigenvalue weighted by Crippen LogP contribution is 2.56. The van der Waals surface area contributed by atoms with E-state index in [-0.39, 0.29) is 11.5 Å². The second-order valence-corrected chi connectivity index (χ2v) is 10.1. The zero-order valence-electron chi connectivity index (χ0n) is 18.4. The van der Waals surface area contributed by atoms with Crippen LogP contribution in [0, 0.1) is 6.92 Å². The molecule has 0 saturated heterocycles. The summed E-state index contributed by atoms with van der Waals surface area (Å²) in [7, 11) is 0. The topological polar surface area (TPSA) is 3.24 Å². The zero-order chi connectivity index (χ0) is 21.2. The van der Waals surface area contributed by atoms with Crippen LogP contribution in [0.5, 0.6) is 0 Å². The minimum Gasteiger partial charge on any atom is -0.297 e. The quantitative estimate of drug-likeness (QED) is 0.421. The van der Waals surface area contributed by atoms with Crippen molar-refractivity contribution in [3.8, 4) is 11.1 Å². The van der Waals surface area contributed by atoms with Crippen LogP contribution in [0.3, 0.4) is 0 Å². The molecule has 1 atom stereocenters. The van der Waals surface area contributed by atoms with Crippen molar-refractivity contribution in [3.63, 3.8) is 0 Å². The van der Waals surface area contributed by atoms with Crippen molar-refractivity contribution in [1.29, 1.82) is 0 Å². The van der Waals surface area contributed by atoms with Gasteiger partial charge < -0.3 is 0 Å². The average molecular weight is 458 g/mol. The second-order valence-electron chi connectivity index (χ2n) is 9.33. The summed E-state index contributed by atoms with van der Waals surface area (Å²) in [6, 6.07) is 13.6. The molecule has 30 heavy (non-hydrogen) atoms. The molecule has 1 nitrogen and oxygen atoms in total. The van der Waals surface area contributed by atoms with Crippen LogP contribution in [-0.2, 0) is 5.41 Å². The van der Waals surface area contributed by atoms with Crippen molar-refractivity contribution in [2.45, 2.75) is 52.5 Å². The molecule has 2 aromatic rings. The Morgan fingerprint density at radius 1 is 1.03 bits per heavy atom. The van der Waals surface area contributed by atoms with E-state index in [1.165, 1.54) is 55.8 Å². The van der Waals surface area contributed by atoms with Gasteiger partial charge in [-0.05, 0) is 72.2 Å². The highest BCUT2D eigenvalue weighted by molar-refractivity contribution is 9.10. The zero-order valence-corrected chi connectivity index (χ0v) is 20.0. The van der Waals surface area contributed by atoms with E-state index in [2.05, 4.69) is 115 Å². The van der Waals surface area contributed by atoms with Crippen molar-refractivity contribution in [1.82, 2.24) is 0 Å². The van der Waals surface area contributed by atoms with Crippen molar-refractivity contribution in [2.24, 2.45) is 0 Å². The molecule has 0 aromatic heterocycles. The largest absolute Gasteiger partial charge is 0.297 e. The van der Waals surface area contributed by atoms with Crippen LogP contribution < -0.4 is 3.93 Å². The van der Waals surface area contributed by atoms with Gasteiger partial charge in [-0.1, -0.05) is 74.1 Å². The summed E-state index contributed by atoms with van der Waals surface area (Å²) in [5, 5.41) is 0. The lowest BCUT2D eigenvalue weighted by Gasteiger charge is -2.33. The van der Waals surface area contributed by atoms with Crippen LogP contribution >= 0.6 is 16.1 Å². The molecule has 0 radical (unpaired) electrons. The highest BCUT2D eigenvalue weighted by atomic mass is 79.9. The van der Waals surface area contributed by atoms with Gasteiger partial charge in [-0.15, -0.1) is 0 Å². The lowest BCUT2D eigenvalue weighted by atomic mass is 9.70. The highest BCUT2D eigenvalue weighted by Gasteiger charge is 2.42. The molecule has 1 heterocycles. The monoisotopic (exact) mass is 457 g/mol. The average Bonchev–Trinajstić information content (AvgIpc) is 3.42. The minimum atomic E-state index is -0.0420. The van der Waals surface area contributed by atoms with E-state index in [1.807, 2.05) is 0 Å². The SMILES string of the molecule is CC1=C(C)C2C(=C1)c1c(cc(C)c(C(C)(C)C3=CC=CC3)c1-c1ccccc1)N2Br. The number of fused-ring (bicyclic) bond motifs is 3. The van der Waals surface area contributed by atoms with E-state index in [0.29, 0.717) is 0 Å². The van der Waals surface area contributed by atoms with Gasteiger partial charge in [-0.2, -0.15) is 0 Å². The van der Waals surface area contributed by atoms with E-state index >= 15 is 0 Å². The summed E-state index contributed by atoms with van der Waals surface area (Å²) in [4.78, 5) is 0. The van der Waals surface area contributed by atoms with Gasteiger partial charge in [0.15, 0.2) is 0 Å². The number of hydrogen-bond donors (Lipinski definition) is 0. The maximum absolute atomic E-state index is 3.93. The molecule has 0 bridgehead atoms. The van der Waals surface area contributed by atoms with Gasteiger partial charge in [0.1, 0.15) is 0 Å². The second kappa shape index (κ2) is 6.85. The number of halogens is 1. The van der Waals surface area contributed by atoms with Crippen LogP contribution in [0.1, 0.15) is 50.8 Å². The fourth-order valence-electron chi connectivity index (χ4n) is 5.55. The number of allylic oxidation sites excluding steroid dienone is 6. The van der Waals surface area contributed by atoms with Crippen molar-refractivity contribution in [2.75, 3.05) is 3.93 Å². The van der Waals surface area contributed by atoms with E-state index in [1.54, 1.807) is 0 Å².